The molecule has 0 aliphatic carbocycles. The first-order valence-electron chi connectivity index (χ1n) is 11.9. The second kappa shape index (κ2) is 9.05. The largest absolute Gasteiger partial charge is 0.343 e. The van der Waals surface area contributed by atoms with Gasteiger partial charge in [-0.3, -0.25) is 4.79 Å². The lowest BCUT2D eigenvalue weighted by molar-refractivity contribution is -0.172. The Morgan fingerprint density at radius 3 is 2.30 bits per heavy atom. The van der Waals surface area contributed by atoms with Crippen molar-refractivity contribution in [2.75, 3.05) is 51.5 Å². The first kappa shape index (κ1) is 22.3. The molecule has 0 N–H and O–H groups in total. The van der Waals surface area contributed by atoms with Crippen molar-refractivity contribution < 1.29 is 18.7 Å². The van der Waals surface area contributed by atoms with Gasteiger partial charge in [-0.25, -0.2) is 4.39 Å². The maximum absolute atomic E-state index is 13.4. The zero-order valence-electron chi connectivity index (χ0n) is 19.2. The van der Waals surface area contributed by atoms with Crippen molar-refractivity contribution in [2.45, 2.75) is 37.0 Å². The summed E-state index contributed by atoms with van der Waals surface area (Å²) >= 11 is 0. The number of likely N-dealkylation sites (tertiary alicyclic amines) is 1. The van der Waals surface area contributed by atoms with E-state index in [0.717, 1.165) is 56.6 Å². The summed E-state index contributed by atoms with van der Waals surface area (Å²) in [4.78, 5) is 19.8. The normalized spacial score (nSPS) is 22.4. The summed E-state index contributed by atoms with van der Waals surface area (Å²) in [5.41, 5.74) is 1.54. The summed E-state index contributed by atoms with van der Waals surface area (Å²) in [5, 5.41) is 0. The van der Waals surface area contributed by atoms with E-state index in [1.54, 1.807) is 12.1 Å². The Balaban J connectivity index is 1.21. The van der Waals surface area contributed by atoms with Crippen LogP contribution in [0, 0.1) is 5.82 Å². The van der Waals surface area contributed by atoms with Gasteiger partial charge in [0.25, 0.3) is 0 Å². The summed E-state index contributed by atoms with van der Waals surface area (Å²) in [6.45, 7) is 4.42. The second-order valence-electron chi connectivity index (χ2n) is 9.34. The van der Waals surface area contributed by atoms with Gasteiger partial charge in [0, 0.05) is 37.8 Å². The fraction of sp³-hybridized carbons (Fsp3) is 0.500. The molecule has 0 saturated carbocycles. The van der Waals surface area contributed by atoms with E-state index in [0.29, 0.717) is 19.9 Å². The Morgan fingerprint density at radius 1 is 0.970 bits per heavy atom. The standard InChI is InChI=1S/C26H32FN3O3/c1-28-20-30(23-6-3-2-4-7-23)25(24(28)31)13-16-29(17-14-25)15-5-12-26(32-18-19-33-26)21-8-10-22(27)11-9-21/h2-4,6-11H,5,12-20H2,1H3. The van der Waals surface area contributed by atoms with Crippen LogP contribution in [-0.4, -0.2) is 67.8 Å². The van der Waals surface area contributed by atoms with Gasteiger partial charge in [-0.15, -0.1) is 0 Å². The van der Waals surface area contributed by atoms with E-state index in [1.165, 1.54) is 12.1 Å². The van der Waals surface area contributed by atoms with Gasteiger partial charge in [-0.1, -0.05) is 30.3 Å². The van der Waals surface area contributed by atoms with Crippen LogP contribution in [0.25, 0.3) is 0 Å². The third-order valence-electron chi connectivity index (χ3n) is 7.38. The second-order valence-corrected chi connectivity index (χ2v) is 9.34. The predicted molar refractivity (Wildman–Crippen MR) is 124 cm³/mol. The lowest BCUT2D eigenvalue weighted by Gasteiger charge is -2.43. The highest BCUT2D eigenvalue weighted by atomic mass is 19.1. The zero-order valence-corrected chi connectivity index (χ0v) is 19.2. The number of rotatable bonds is 6. The van der Waals surface area contributed by atoms with Crippen molar-refractivity contribution >= 4 is 11.6 Å². The number of carbonyl (C=O) groups excluding carboxylic acids is 1. The van der Waals surface area contributed by atoms with Gasteiger partial charge in [0.15, 0.2) is 5.79 Å². The molecule has 2 aromatic carbocycles. The average Bonchev–Trinajstić information content (AvgIpc) is 3.41. The minimum atomic E-state index is -0.779. The Hall–Kier alpha value is -2.48. The maximum Gasteiger partial charge on any atom is 0.249 e. The van der Waals surface area contributed by atoms with E-state index in [-0.39, 0.29) is 11.7 Å². The van der Waals surface area contributed by atoms with Crippen LogP contribution < -0.4 is 4.90 Å². The van der Waals surface area contributed by atoms with Gasteiger partial charge in [-0.2, -0.15) is 0 Å². The van der Waals surface area contributed by atoms with Crippen LogP contribution in [0.5, 0.6) is 0 Å². The summed E-state index contributed by atoms with van der Waals surface area (Å²) in [6, 6.07) is 16.7. The number of benzene rings is 2. The molecule has 5 rings (SSSR count). The number of anilines is 1. The molecule has 33 heavy (non-hydrogen) atoms. The summed E-state index contributed by atoms with van der Waals surface area (Å²) in [6.07, 6.45) is 3.26. The topological polar surface area (TPSA) is 45.2 Å². The van der Waals surface area contributed by atoms with Crippen LogP contribution in [0.15, 0.2) is 54.6 Å². The van der Waals surface area contributed by atoms with Crippen LogP contribution >= 0.6 is 0 Å². The molecular formula is C26H32FN3O3. The highest BCUT2D eigenvalue weighted by Crippen LogP contribution is 2.40. The highest BCUT2D eigenvalue weighted by Gasteiger charge is 2.52. The van der Waals surface area contributed by atoms with Gasteiger partial charge in [0.05, 0.1) is 19.9 Å². The fourth-order valence-electron chi connectivity index (χ4n) is 5.60. The number of amides is 1. The minimum absolute atomic E-state index is 0.231. The Labute approximate surface area is 194 Å². The first-order valence-corrected chi connectivity index (χ1v) is 11.9. The number of nitrogens with zero attached hydrogens (tertiary/aromatic N) is 3. The van der Waals surface area contributed by atoms with E-state index in [9.17, 15) is 9.18 Å². The molecule has 6 nitrogen and oxygen atoms in total. The number of carbonyl (C=O) groups is 1. The van der Waals surface area contributed by atoms with Crippen molar-refractivity contribution in [3.8, 4) is 0 Å². The molecule has 7 heteroatoms. The lowest BCUT2D eigenvalue weighted by Crippen LogP contribution is -2.56. The quantitative estimate of drug-likeness (QED) is 0.669. The van der Waals surface area contributed by atoms with Crippen molar-refractivity contribution in [1.29, 1.82) is 0 Å². The Bertz CT molecular complexity index is 955. The van der Waals surface area contributed by atoms with Crippen molar-refractivity contribution in [3.63, 3.8) is 0 Å². The van der Waals surface area contributed by atoms with Crippen LogP contribution in [-0.2, 0) is 20.1 Å². The first-order chi connectivity index (χ1) is 16.0. The molecule has 176 valence electrons. The molecule has 0 atom stereocenters. The Morgan fingerprint density at radius 2 is 1.64 bits per heavy atom. The van der Waals surface area contributed by atoms with E-state index in [1.807, 2.05) is 30.1 Å². The van der Waals surface area contributed by atoms with Crippen LogP contribution in [0.4, 0.5) is 10.1 Å². The molecule has 3 aliphatic heterocycles. The minimum Gasteiger partial charge on any atom is -0.343 e. The van der Waals surface area contributed by atoms with Gasteiger partial charge < -0.3 is 24.2 Å². The summed E-state index contributed by atoms with van der Waals surface area (Å²) in [7, 11) is 1.90. The van der Waals surface area contributed by atoms with Crippen molar-refractivity contribution in [1.82, 2.24) is 9.80 Å². The number of piperidine rings is 1. The molecule has 2 aromatic rings. The van der Waals surface area contributed by atoms with Crippen LogP contribution in [0.3, 0.4) is 0 Å². The van der Waals surface area contributed by atoms with Crippen LogP contribution in [0.2, 0.25) is 0 Å². The van der Waals surface area contributed by atoms with Gasteiger partial charge in [-0.05, 0) is 50.1 Å². The number of hydrogen-bond acceptors (Lipinski definition) is 5. The molecule has 0 unspecified atom stereocenters. The third kappa shape index (κ3) is 4.14. The van der Waals surface area contributed by atoms with Gasteiger partial charge in [0.2, 0.25) is 5.91 Å². The van der Waals surface area contributed by atoms with E-state index in [2.05, 4.69) is 21.9 Å². The summed E-state index contributed by atoms with van der Waals surface area (Å²) in [5.74, 6) is -0.807. The SMILES string of the molecule is CN1CN(c2ccccc2)C2(CCN(CCCC3(c4ccc(F)cc4)OCCO3)CC2)C1=O. The van der Waals surface area contributed by atoms with Gasteiger partial charge >= 0.3 is 0 Å². The molecule has 3 heterocycles. The van der Waals surface area contributed by atoms with E-state index in [4.69, 9.17) is 9.47 Å². The molecule has 0 aromatic heterocycles. The summed E-state index contributed by atoms with van der Waals surface area (Å²) < 4.78 is 25.4. The molecular weight excluding hydrogens is 421 g/mol. The molecule has 0 bridgehead atoms. The monoisotopic (exact) mass is 453 g/mol. The smallest absolute Gasteiger partial charge is 0.249 e. The molecule has 1 spiro atoms. The molecule has 0 radical (unpaired) electrons. The molecule has 3 aliphatic rings. The van der Waals surface area contributed by atoms with Crippen molar-refractivity contribution in [3.05, 3.63) is 66.0 Å². The van der Waals surface area contributed by atoms with Crippen LogP contribution in [0.1, 0.15) is 31.2 Å². The molecule has 1 amide bonds. The lowest BCUT2D eigenvalue weighted by atomic mass is 9.85. The zero-order chi connectivity index (χ0) is 22.9. The fourth-order valence-corrected chi connectivity index (χ4v) is 5.60. The number of halogens is 1. The maximum atomic E-state index is 13.4. The average molecular weight is 454 g/mol. The molecule has 3 saturated heterocycles. The number of hydrogen-bond donors (Lipinski definition) is 0. The Kier molecular flexibility index (Phi) is 6.12. The molecule has 3 fully saturated rings. The van der Waals surface area contributed by atoms with Crippen molar-refractivity contribution in [2.24, 2.45) is 0 Å². The number of para-hydroxylation sites is 1. The third-order valence-corrected chi connectivity index (χ3v) is 7.38. The van der Waals surface area contributed by atoms with Gasteiger partial charge in [0.1, 0.15) is 11.4 Å². The highest BCUT2D eigenvalue weighted by molar-refractivity contribution is 5.93. The number of likely N-dealkylation sites (N-methyl/N-ethyl adjacent to an activating group) is 1. The van der Waals surface area contributed by atoms with E-state index < -0.39 is 11.3 Å². The predicted octanol–water partition coefficient (Wildman–Crippen LogP) is 3.58. The van der Waals surface area contributed by atoms with E-state index >= 15 is 0 Å². The number of ether oxygens (including phenoxy) is 2.